The van der Waals surface area contributed by atoms with E-state index in [1.165, 1.54) is 0 Å². The van der Waals surface area contributed by atoms with Crippen molar-refractivity contribution in [2.24, 2.45) is 5.92 Å². The summed E-state index contributed by atoms with van der Waals surface area (Å²) >= 11 is 6.30. The third-order valence-corrected chi connectivity index (χ3v) is 5.26. The molecule has 8 heteroatoms. The maximum absolute atomic E-state index is 10.9. The largest absolute Gasteiger partial charge is 0.489 e. The lowest BCUT2D eigenvalue weighted by Crippen LogP contribution is -2.39. The Balaban J connectivity index is 1.43. The Bertz CT molecular complexity index is 1040. The van der Waals surface area contributed by atoms with E-state index in [0.717, 1.165) is 16.8 Å². The highest BCUT2D eigenvalue weighted by molar-refractivity contribution is 6.32. The molecule has 7 nitrogen and oxygen atoms in total. The molecular formula is C22H22ClN3O4. The van der Waals surface area contributed by atoms with Gasteiger partial charge in [-0.1, -0.05) is 16.8 Å². The van der Waals surface area contributed by atoms with Crippen LogP contribution in [-0.2, 0) is 4.79 Å². The molecule has 4 rings (SSSR count). The van der Waals surface area contributed by atoms with Crippen LogP contribution in [0.1, 0.15) is 26.7 Å². The van der Waals surface area contributed by atoms with Gasteiger partial charge >= 0.3 is 5.97 Å². The lowest BCUT2D eigenvalue weighted by molar-refractivity contribution is -0.144. The second-order valence-corrected chi connectivity index (χ2v) is 8.07. The number of carboxylic acids is 1. The number of anilines is 1. The molecule has 0 spiro atoms. The molecule has 1 aliphatic rings. The third-order valence-electron chi connectivity index (χ3n) is 4.97. The van der Waals surface area contributed by atoms with Crippen molar-refractivity contribution >= 4 is 23.3 Å². The van der Waals surface area contributed by atoms with Gasteiger partial charge in [0.25, 0.3) is 5.89 Å². The zero-order valence-corrected chi connectivity index (χ0v) is 17.4. The van der Waals surface area contributed by atoms with E-state index in [2.05, 4.69) is 15.5 Å². The molecule has 30 heavy (non-hydrogen) atoms. The number of aromatic nitrogens is 2. The minimum absolute atomic E-state index is 0.0329. The molecule has 1 heterocycles. The minimum atomic E-state index is -0.723. The minimum Gasteiger partial charge on any atom is -0.489 e. The first-order valence-corrected chi connectivity index (χ1v) is 10.2. The van der Waals surface area contributed by atoms with Gasteiger partial charge in [0.15, 0.2) is 0 Å². The molecule has 0 radical (unpaired) electrons. The topological polar surface area (TPSA) is 97.5 Å². The molecule has 1 aromatic heterocycles. The summed E-state index contributed by atoms with van der Waals surface area (Å²) in [5.74, 6) is 0.504. The molecule has 1 saturated carbocycles. The van der Waals surface area contributed by atoms with Crippen LogP contribution in [0.4, 0.5) is 5.69 Å². The molecule has 0 aliphatic heterocycles. The molecule has 0 atom stereocenters. The first-order valence-electron chi connectivity index (χ1n) is 9.79. The van der Waals surface area contributed by atoms with Gasteiger partial charge in [-0.25, -0.2) is 0 Å². The Labute approximate surface area is 179 Å². The summed E-state index contributed by atoms with van der Waals surface area (Å²) in [7, 11) is 0. The van der Waals surface area contributed by atoms with E-state index >= 15 is 0 Å². The summed E-state index contributed by atoms with van der Waals surface area (Å²) in [6, 6.07) is 13.2. The second kappa shape index (κ2) is 8.36. The van der Waals surface area contributed by atoms with E-state index < -0.39 is 5.97 Å². The number of hydrogen-bond acceptors (Lipinski definition) is 6. The van der Waals surface area contributed by atoms with Crippen molar-refractivity contribution in [1.82, 2.24) is 10.1 Å². The first-order chi connectivity index (χ1) is 14.4. The fourth-order valence-corrected chi connectivity index (χ4v) is 3.55. The van der Waals surface area contributed by atoms with Crippen LogP contribution < -0.4 is 10.1 Å². The van der Waals surface area contributed by atoms with E-state index in [-0.39, 0.29) is 18.1 Å². The number of nitrogens with one attached hydrogen (secondary N) is 1. The molecule has 1 fully saturated rings. The number of ether oxygens (including phenoxy) is 1. The predicted molar refractivity (Wildman–Crippen MR) is 114 cm³/mol. The van der Waals surface area contributed by atoms with Crippen LogP contribution in [0.3, 0.4) is 0 Å². The number of benzene rings is 2. The number of aliphatic carboxylic acids is 1. The van der Waals surface area contributed by atoms with Crippen molar-refractivity contribution < 1.29 is 19.2 Å². The van der Waals surface area contributed by atoms with Gasteiger partial charge in [0, 0.05) is 22.9 Å². The van der Waals surface area contributed by atoms with Gasteiger partial charge in [0.05, 0.1) is 17.0 Å². The molecule has 0 bridgehead atoms. The van der Waals surface area contributed by atoms with Gasteiger partial charge < -0.3 is 19.7 Å². The van der Waals surface area contributed by atoms with Crippen molar-refractivity contribution in [3.05, 3.63) is 47.5 Å². The van der Waals surface area contributed by atoms with Crippen molar-refractivity contribution in [2.45, 2.75) is 38.8 Å². The zero-order valence-electron chi connectivity index (χ0n) is 16.6. The maximum Gasteiger partial charge on any atom is 0.306 e. The van der Waals surface area contributed by atoms with Crippen molar-refractivity contribution in [3.63, 3.8) is 0 Å². The standard InChI is InChI=1S/C22H22ClN3O4/c1-12(2)29-19-8-5-14(11-18(19)23)20-25-21(30-26-20)13-3-6-16(7-4-13)24-17-9-15(10-17)22(27)28/h3-8,11-12,15,17,24H,9-10H2,1-2H3,(H,27,28). The Morgan fingerprint density at radius 1 is 1.20 bits per heavy atom. The van der Waals surface area contributed by atoms with E-state index in [0.29, 0.717) is 35.3 Å². The van der Waals surface area contributed by atoms with Gasteiger partial charge in [-0.2, -0.15) is 4.98 Å². The summed E-state index contributed by atoms with van der Waals surface area (Å²) in [5, 5.41) is 16.8. The lowest BCUT2D eigenvalue weighted by Gasteiger charge is -2.33. The quantitative estimate of drug-likeness (QED) is 0.540. The van der Waals surface area contributed by atoms with Gasteiger partial charge in [0.2, 0.25) is 5.82 Å². The van der Waals surface area contributed by atoms with Crippen molar-refractivity contribution in [1.29, 1.82) is 0 Å². The van der Waals surface area contributed by atoms with Gasteiger partial charge in [0.1, 0.15) is 5.75 Å². The molecule has 1 aliphatic carbocycles. The summed E-state index contributed by atoms with van der Waals surface area (Å²) in [6.07, 6.45) is 1.33. The van der Waals surface area contributed by atoms with Gasteiger partial charge in [-0.15, -0.1) is 0 Å². The average molecular weight is 428 g/mol. The Kier molecular flexibility index (Phi) is 5.63. The fraction of sp³-hybridized carbons (Fsp3) is 0.318. The highest BCUT2D eigenvalue weighted by Gasteiger charge is 2.34. The molecule has 2 N–H and O–H groups in total. The predicted octanol–water partition coefficient (Wildman–Crippen LogP) is 5.12. The summed E-state index contributed by atoms with van der Waals surface area (Å²) in [6.45, 7) is 3.88. The van der Waals surface area contributed by atoms with Gasteiger partial charge in [-0.05, 0) is 69.2 Å². The first kappa shape index (κ1) is 20.2. The fourth-order valence-electron chi connectivity index (χ4n) is 3.33. The maximum atomic E-state index is 10.9. The number of rotatable bonds is 7. The van der Waals surface area contributed by atoms with Crippen LogP contribution in [0.25, 0.3) is 22.8 Å². The van der Waals surface area contributed by atoms with Crippen LogP contribution in [0.15, 0.2) is 47.0 Å². The molecule has 0 unspecified atom stereocenters. The smallest absolute Gasteiger partial charge is 0.306 e. The van der Waals surface area contributed by atoms with Crippen LogP contribution in [0.5, 0.6) is 5.75 Å². The van der Waals surface area contributed by atoms with Gasteiger partial charge in [-0.3, -0.25) is 4.79 Å². The van der Waals surface area contributed by atoms with Crippen molar-refractivity contribution in [2.75, 3.05) is 5.32 Å². The number of hydrogen-bond donors (Lipinski definition) is 2. The van der Waals surface area contributed by atoms with Crippen LogP contribution in [-0.4, -0.2) is 33.4 Å². The second-order valence-electron chi connectivity index (χ2n) is 7.66. The van der Waals surface area contributed by atoms with E-state index in [9.17, 15) is 4.79 Å². The monoisotopic (exact) mass is 427 g/mol. The van der Waals surface area contributed by atoms with Crippen LogP contribution in [0.2, 0.25) is 5.02 Å². The Morgan fingerprint density at radius 2 is 1.90 bits per heavy atom. The molecular weight excluding hydrogens is 406 g/mol. The van der Waals surface area contributed by atoms with E-state index in [1.54, 1.807) is 12.1 Å². The lowest BCUT2D eigenvalue weighted by atomic mass is 9.80. The summed E-state index contributed by atoms with van der Waals surface area (Å²) in [4.78, 5) is 15.4. The number of nitrogens with zero attached hydrogens (tertiary/aromatic N) is 2. The third kappa shape index (κ3) is 4.41. The Hall–Kier alpha value is -3.06. The van der Waals surface area contributed by atoms with E-state index in [4.69, 9.17) is 26.0 Å². The number of halogens is 1. The van der Waals surface area contributed by atoms with Crippen LogP contribution >= 0.6 is 11.6 Å². The molecule has 0 saturated heterocycles. The molecule has 2 aromatic carbocycles. The molecule has 3 aromatic rings. The Morgan fingerprint density at radius 3 is 2.53 bits per heavy atom. The SMILES string of the molecule is CC(C)Oc1ccc(-c2noc(-c3ccc(NC4CC(C(=O)O)C4)cc3)n2)cc1Cl. The normalized spacial score (nSPS) is 18.1. The van der Waals surface area contributed by atoms with E-state index in [1.807, 2.05) is 44.2 Å². The highest BCUT2D eigenvalue weighted by Crippen LogP contribution is 2.32. The van der Waals surface area contributed by atoms with Crippen molar-refractivity contribution in [3.8, 4) is 28.6 Å². The molecule has 0 amide bonds. The number of carboxylic acid groups (broad SMARTS) is 1. The highest BCUT2D eigenvalue weighted by atomic mass is 35.5. The summed E-state index contributed by atoms with van der Waals surface area (Å²) < 4.78 is 11.1. The molecule has 156 valence electrons. The average Bonchev–Trinajstić information content (AvgIpc) is 3.16. The number of carbonyl (C=O) groups is 1. The zero-order chi connectivity index (χ0) is 21.3. The van der Waals surface area contributed by atoms with Crippen LogP contribution in [0, 0.1) is 5.92 Å². The summed E-state index contributed by atoms with van der Waals surface area (Å²) in [5.41, 5.74) is 2.46.